The number of ether oxygens (including phenoxy) is 1. The summed E-state index contributed by atoms with van der Waals surface area (Å²) in [7, 11) is -1.38. The first-order chi connectivity index (χ1) is 18.7. The van der Waals surface area contributed by atoms with Gasteiger partial charge in [-0.1, -0.05) is 36.4 Å². The van der Waals surface area contributed by atoms with Crippen molar-refractivity contribution in [2.45, 2.75) is 13.2 Å². The van der Waals surface area contributed by atoms with Crippen molar-refractivity contribution in [3.05, 3.63) is 94.1 Å². The number of amidine groups is 1. The number of sulfone groups is 1. The first-order valence-electron chi connectivity index (χ1n) is 12.1. The van der Waals surface area contributed by atoms with Gasteiger partial charge in [0.2, 0.25) is 0 Å². The molecule has 8 nitrogen and oxygen atoms in total. The molecule has 4 rings (SSSR count). The number of aliphatic imine (C=N–C) groups is 1. The van der Waals surface area contributed by atoms with Gasteiger partial charge in [-0.2, -0.15) is 0 Å². The van der Waals surface area contributed by atoms with E-state index in [9.17, 15) is 12.8 Å². The van der Waals surface area contributed by atoms with Gasteiger partial charge in [0.05, 0.1) is 11.4 Å². The molecule has 0 bridgehead atoms. The van der Waals surface area contributed by atoms with E-state index in [1.165, 1.54) is 23.7 Å². The van der Waals surface area contributed by atoms with Crippen LogP contribution in [-0.2, 0) is 23.0 Å². The Bertz CT molecular complexity index is 1560. The van der Waals surface area contributed by atoms with Gasteiger partial charge in [-0.3, -0.25) is 4.99 Å². The minimum atomic E-state index is -3.01. The first kappa shape index (κ1) is 28.2. The Balaban J connectivity index is 1.44. The maximum absolute atomic E-state index is 14.8. The quantitative estimate of drug-likeness (QED) is 0.104. The molecule has 39 heavy (non-hydrogen) atoms. The summed E-state index contributed by atoms with van der Waals surface area (Å²) in [5.41, 5.74) is 10.5. The number of hydrogen-bond donors (Lipinski definition) is 3. The number of nitrogens with two attached hydrogens (primary N) is 1. The van der Waals surface area contributed by atoms with E-state index in [1.54, 1.807) is 25.2 Å². The van der Waals surface area contributed by atoms with Gasteiger partial charge in [0.15, 0.2) is 11.6 Å². The SMILES string of the molecule is CN=C(Nc1ccc(OCc2ccccc2)c(F)c1)c1cc(-c2csc(CNCCS(C)(=O)=O)n2)ccc1N. The summed E-state index contributed by atoms with van der Waals surface area (Å²) in [5, 5.41) is 9.03. The van der Waals surface area contributed by atoms with Crippen LogP contribution >= 0.6 is 11.3 Å². The largest absolute Gasteiger partial charge is 0.486 e. The number of nitrogens with zero attached hydrogens (tertiary/aromatic N) is 2. The summed E-state index contributed by atoms with van der Waals surface area (Å²) < 4.78 is 43.0. The molecule has 204 valence electrons. The summed E-state index contributed by atoms with van der Waals surface area (Å²) in [5.74, 6) is 0.218. The first-order valence-corrected chi connectivity index (χ1v) is 15.1. The van der Waals surface area contributed by atoms with Crippen LogP contribution in [0.4, 0.5) is 15.8 Å². The maximum atomic E-state index is 14.8. The van der Waals surface area contributed by atoms with E-state index in [4.69, 9.17) is 10.5 Å². The molecule has 1 aromatic heterocycles. The third-order valence-corrected chi connectivity index (χ3v) is 7.53. The highest BCUT2D eigenvalue weighted by molar-refractivity contribution is 7.90. The number of halogens is 1. The molecule has 0 aliphatic carbocycles. The number of anilines is 2. The Kier molecular flexibility index (Phi) is 9.28. The standard InChI is InChI=1S/C28H30FN5O3S2/c1-31-28(33-21-9-11-26(23(29)15-21)37-17-19-6-4-3-5-7-19)22-14-20(8-10-24(22)30)25-18-38-27(34-25)16-32-12-13-39(2,35)36/h3-11,14-15,18,32H,12-13,16-17,30H2,1-2H3,(H,31,33). The summed E-state index contributed by atoms with van der Waals surface area (Å²) in [6.07, 6.45) is 1.21. The summed E-state index contributed by atoms with van der Waals surface area (Å²) >= 11 is 1.48. The Morgan fingerprint density at radius 3 is 2.64 bits per heavy atom. The zero-order valence-electron chi connectivity index (χ0n) is 21.6. The fraction of sp³-hybridized carbons (Fsp3) is 0.214. The van der Waals surface area contributed by atoms with Crippen LogP contribution in [-0.4, -0.2) is 44.8 Å². The van der Waals surface area contributed by atoms with Crippen LogP contribution in [0.25, 0.3) is 11.3 Å². The minimum Gasteiger partial charge on any atom is -0.486 e. The van der Waals surface area contributed by atoms with Crippen LogP contribution in [0.1, 0.15) is 16.1 Å². The number of nitrogens with one attached hydrogen (secondary N) is 2. The Labute approximate surface area is 231 Å². The second-order valence-corrected chi connectivity index (χ2v) is 12.1. The van der Waals surface area contributed by atoms with Gasteiger partial charge < -0.3 is 21.1 Å². The lowest BCUT2D eigenvalue weighted by molar-refractivity contribution is 0.290. The number of benzene rings is 3. The van der Waals surface area contributed by atoms with Gasteiger partial charge in [-0.25, -0.2) is 17.8 Å². The fourth-order valence-electron chi connectivity index (χ4n) is 3.71. The molecule has 0 fully saturated rings. The lowest BCUT2D eigenvalue weighted by Gasteiger charge is -2.14. The average Bonchev–Trinajstić information content (AvgIpc) is 3.39. The monoisotopic (exact) mass is 567 g/mol. The van der Waals surface area contributed by atoms with Crippen molar-refractivity contribution in [2.24, 2.45) is 4.99 Å². The van der Waals surface area contributed by atoms with Crippen LogP contribution in [0, 0.1) is 5.82 Å². The van der Waals surface area contributed by atoms with E-state index in [1.807, 2.05) is 47.8 Å². The van der Waals surface area contributed by atoms with Crippen LogP contribution in [0.2, 0.25) is 0 Å². The normalized spacial score (nSPS) is 11.9. The van der Waals surface area contributed by atoms with Gasteiger partial charge in [0.25, 0.3) is 0 Å². The summed E-state index contributed by atoms with van der Waals surface area (Å²) in [4.78, 5) is 9.00. The lowest BCUT2D eigenvalue weighted by atomic mass is 10.1. The molecule has 0 amide bonds. The molecule has 3 aromatic carbocycles. The zero-order chi connectivity index (χ0) is 27.8. The number of hydrogen-bond acceptors (Lipinski definition) is 8. The molecule has 1 heterocycles. The molecule has 0 radical (unpaired) electrons. The number of aromatic nitrogens is 1. The van der Waals surface area contributed by atoms with E-state index >= 15 is 0 Å². The minimum absolute atomic E-state index is 0.0754. The molecule has 4 aromatic rings. The van der Waals surface area contributed by atoms with Crippen molar-refractivity contribution in [1.29, 1.82) is 0 Å². The molecular weight excluding hydrogens is 537 g/mol. The summed E-state index contributed by atoms with van der Waals surface area (Å²) in [6.45, 7) is 1.11. The van der Waals surface area contributed by atoms with Crippen molar-refractivity contribution in [2.75, 3.05) is 36.7 Å². The lowest BCUT2D eigenvalue weighted by Crippen LogP contribution is -2.21. The second-order valence-electron chi connectivity index (χ2n) is 8.85. The number of rotatable bonds is 11. The molecule has 4 N–H and O–H groups in total. The third kappa shape index (κ3) is 8.09. The van der Waals surface area contributed by atoms with Gasteiger partial charge in [-0.15, -0.1) is 11.3 Å². The van der Waals surface area contributed by atoms with E-state index in [0.717, 1.165) is 21.8 Å². The number of nitrogen functional groups attached to an aromatic ring is 1. The van der Waals surface area contributed by atoms with E-state index in [0.29, 0.717) is 35.9 Å². The molecule has 0 unspecified atom stereocenters. The highest BCUT2D eigenvalue weighted by Crippen LogP contribution is 2.27. The van der Waals surface area contributed by atoms with Gasteiger partial charge in [-0.05, 0) is 29.8 Å². The highest BCUT2D eigenvalue weighted by Gasteiger charge is 2.13. The topological polar surface area (TPSA) is 119 Å². The molecule has 0 aliphatic rings. The second kappa shape index (κ2) is 12.8. The van der Waals surface area contributed by atoms with Crippen LogP contribution in [0.15, 0.2) is 77.1 Å². The van der Waals surface area contributed by atoms with Gasteiger partial charge in [0, 0.05) is 60.3 Å². The average molecular weight is 568 g/mol. The number of thiazole rings is 1. The molecule has 0 saturated carbocycles. The zero-order valence-corrected chi connectivity index (χ0v) is 23.3. The van der Waals surface area contributed by atoms with E-state index in [-0.39, 0.29) is 18.1 Å². The smallest absolute Gasteiger partial charge is 0.167 e. The predicted octanol–water partition coefficient (Wildman–Crippen LogP) is 4.73. The molecular formula is C28H30FN5O3S2. The van der Waals surface area contributed by atoms with Crippen molar-refractivity contribution in [1.82, 2.24) is 10.3 Å². The fourth-order valence-corrected chi connectivity index (χ4v) is 5.00. The van der Waals surface area contributed by atoms with Crippen LogP contribution in [0.3, 0.4) is 0 Å². The summed E-state index contributed by atoms with van der Waals surface area (Å²) in [6, 6.07) is 19.8. The molecule has 0 aliphatic heterocycles. The van der Waals surface area contributed by atoms with Crippen molar-refractivity contribution in [3.8, 4) is 17.0 Å². The molecule has 0 spiro atoms. The van der Waals surface area contributed by atoms with Gasteiger partial charge >= 0.3 is 0 Å². The van der Waals surface area contributed by atoms with Gasteiger partial charge in [0.1, 0.15) is 27.3 Å². The van der Waals surface area contributed by atoms with Crippen molar-refractivity contribution < 1.29 is 17.5 Å². The Morgan fingerprint density at radius 2 is 1.92 bits per heavy atom. The molecule has 0 atom stereocenters. The highest BCUT2D eigenvalue weighted by atomic mass is 32.2. The molecule has 0 saturated heterocycles. The van der Waals surface area contributed by atoms with Crippen LogP contribution < -0.4 is 21.1 Å². The third-order valence-electron chi connectivity index (χ3n) is 5.74. The Morgan fingerprint density at radius 1 is 1.13 bits per heavy atom. The Hall–Kier alpha value is -3.80. The maximum Gasteiger partial charge on any atom is 0.167 e. The molecule has 11 heteroatoms. The van der Waals surface area contributed by atoms with Crippen molar-refractivity contribution in [3.63, 3.8) is 0 Å². The van der Waals surface area contributed by atoms with Crippen molar-refractivity contribution >= 4 is 38.4 Å². The van der Waals surface area contributed by atoms with Crippen LogP contribution in [0.5, 0.6) is 5.75 Å². The van der Waals surface area contributed by atoms with E-state index < -0.39 is 15.7 Å². The van der Waals surface area contributed by atoms with E-state index in [2.05, 4.69) is 20.6 Å². The predicted molar refractivity (Wildman–Crippen MR) is 157 cm³/mol.